The van der Waals surface area contributed by atoms with Gasteiger partial charge in [-0.2, -0.15) is 0 Å². The van der Waals surface area contributed by atoms with Crippen LogP contribution in [0.3, 0.4) is 0 Å². The van der Waals surface area contributed by atoms with E-state index in [1.54, 1.807) is 6.20 Å². The lowest BCUT2D eigenvalue weighted by molar-refractivity contribution is 0.281. The van der Waals surface area contributed by atoms with Crippen LogP contribution in [0.25, 0.3) is 0 Å². The van der Waals surface area contributed by atoms with Crippen molar-refractivity contribution in [2.45, 2.75) is 26.1 Å². The fourth-order valence-electron chi connectivity index (χ4n) is 1.85. The molecule has 0 radical (unpaired) electrons. The summed E-state index contributed by atoms with van der Waals surface area (Å²) in [6, 6.07) is 12.2. The molecule has 2 aromatic rings. The van der Waals surface area contributed by atoms with Crippen molar-refractivity contribution in [2.75, 3.05) is 0 Å². The minimum absolute atomic E-state index is 0.0865. The molecule has 18 heavy (non-hydrogen) atoms. The summed E-state index contributed by atoms with van der Waals surface area (Å²) in [6.07, 6.45) is 3.64. The third-order valence-electron chi connectivity index (χ3n) is 2.97. The lowest BCUT2D eigenvalue weighted by Crippen LogP contribution is -2.18. The van der Waals surface area contributed by atoms with Gasteiger partial charge in [0.05, 0.1) is 6.61 Å². The van der Waals surface area contributed by atoms with Crippen LogP contribution in [0.2, 0.25) is 0 Å². The highest BCUT2D eigenvalue weighted by molar-refractivity contribution is 5.25. The molecule has 0 aliphatic heterocycles. The van der Waals surface area contributed by atoms with Crippen LogP contribution in [0.5, 0.6) is 0 Å². The van der Waals surface area contributed by atoms with E-state index in [9.17, 15) is 0 Å². The van der Waals surface area contributed by atoms with E-state index in [4.69, 9.17) is 5.11 Å². The summed E-state index contributed by atoms with van der Waals surface area (Å²) in [7, 11) is 0. The van der Waals surface area contributed by atoms with Gasteiger partial charge < -0.3 is 10.4 Å². The Hall–Kier alpha value is -1.71. The normalized spacial score (nSPS) is 12.3. The second-order valence-corrected chi connectivity index (χ2v) is 4.37. The maximum Gasteiger partial charge on any atom is 0.0681 e. The third kappa shape index (κ3) is 3.39. The van der Waals surface area contributed by atoms with E-state index in [1.807, 2.05) is 30.5 Å². The fraction of sp³-hybridized carbons (Fsp3) is 0.267. The second kappa shape index (κ2) is 6.28. The molecule has 0 saturated carbocycles. The predicted octanol–water partition coefficient (Wildman–Crippen LogP) is 2.42. The first-order valence-corrected chi connectivity index (χ1v) is 6.11. The van der Waals surface area contributed by atoms with Crippen molar-refractivity contribution in [3.05, 3.63) is 65.5 Å². The molecule has 0 fully saturated rings. The number of hydrogen-bond acceptors (Lipinski definition) is 3. The number of rotatable bonds is 5. The summed E-state index contributed by atoms with van der Waals surface area (Å²) in [5.41, 5.74) is 3.30. The Kier molecular flexibility index (Phi) is 4.45. The maximum absolute atomic E-state index is 9.12. The molecule has 3 nitrogen and oxygen atoms in total. The van der Waals surface area contributed by atoms with Gasteiger partial charge in [-0.15, -0.1) is 0 Å². The average Bonchev–Trinajstić information content (AvgIpc) is 2.46. The number of nitrogens with one attached hydrogen (secondary N) is 1. The number of aromatic nitrogens is 1. The second-order valence-electron chi connectivity index (χ2n) is 4.37. The molecule has 2 N–H and O–H groups in total. The first kappa shape index (κ1) is 12.7. The van der Waals surface area contributed by atoms with Crippen LogP contribution >= 0.6 is 0 Å². The van der Waals surface area contributed by atoms with E-state index in [-0.39, 0.29) is 12.6 Å². The summed E-state index contributed by atoms with van der Waals surface area (Å²) in [5.74, 6) is 0. The first-order valence-electron chi connectivity index (χ1n) is 6.11. The summed E-state index contributed by atoms with van der Waals surface area (Å²) in [4.78, 5) is 4.09. The maximum atomic E-state index is 9.12. The zero-order valence-corrected chi connectivity index (χ0v) is 10.5. The Morgan fingerprint density at radius 2 is 2.06 bits per heavy atom. The average molecular weight is 242 g/mol. The zero-order valence-electron chi connectivity index (χ0n) is 10.5. The molecule has 0 aliphatic rings. The summed E-state index contributed by atoms with van der Waals surface area (Å²) >= 11 is 0. The van der Waals surface area contributed by atoms with Gasteiger partial charge in [0.25, 0.3) is 0 Å². The minimum Gasteiger partial charge on any atom is -0.392 e. The molecular formula is C15H18N2O. The molecule has 1 aromatic carbocycles. The monoisotopic (exact) mass is 242 g/mol. The molecule has 0 amide bonds. The van der Waals surface area contributed by atoms with Crippen molar-refractivity contribution in [3.8, 4) is 0 Å². The standard InChI is InChI=1S/C15H18N2O/c1-12(15-6-2-4-13(8-15)11-18)17-10-14-5-3-7-16-9-14/h2-9,12,17-18H,10-11H2,1H3. The Morgan fingerprint density at radius 3 is 2.78 bits per heavy atom. The van der Waals surface area contributed by atoms with Crippen LogP contribution < -0.4 is 5.32 Å². The SMILES string of the molecule is CC(NCc1cccnc1)c1cccc(CO)c1. The molecule has 0 spiro atoms. The minimum atomic E-state index is 0.0865. The van der Waals surface area contributed by atoms with Crippen LogP contribution in [-0.2, 0) is 13.2 Å². The van der Waals surface area contributed by atoms with Crippen molar-refractivity contribution < 1.29 is 5.11 Å². The van der Waals surface area contributed by atoms with Gasteiger partial charge in [-0.1, -0.05) is 30.3 Å². The van der Waals surface area contributed by atoms with Crippen LogP contribution in [0.4, 0.5) is 0 Å². The molecule has 0 aliphatic carbocycles. The molecule has 0 bridgehead atoms. The molecule has 1 aromatic heterocycles. The number of aliphatic hydroxyl groups is 1. The van der Waals surface area contributed by atoms with E-state index in [1.165, 1.54) is 11.1 Å². The Morgan fingerprint density at radius 1 is 1.22 bits per heavy atom. The van der Waals surface area contributed by atoms with E-state index < -0.39 is 0 Å². The van der Waals surface area contributed by atoms with Crippen molar-refractivity contribution >= 4 is 0 Å². The molecular weight excluding hydrogens is 224 g/mol. The summed E-state index contributed by atoms with van der Waals surface area (Å²) in [5, 5.41) is 12.6. The Labute approximate surface area is 108 Å². The topological polar surface area (TPSA) is 45.2 Å². The Bertz CT molecular complexity index is 485. The van der Waals surface area contributed by atoms with Gasteiger partial charge in [0.2, 0.25) is 0 Å². The van der Waals surface area contributed by atoms with Gasteiger partial charge in [0.1, 0.15) is 0 Å². The highest BCUT2D eigenvalue weighted by Gasteiger charge is 2.05. The van der Waals surface area contributed by atoms with Gasteiger partial charge in [0.15, 0.2) is 0 Å². The van der Waals surface area contributed by atoms with Gasteiger partial charge in [0, 0.05) is 25.0 Å². The molecule has 94 valence electrons. The molecule has 2 rings (SSSR count). The Balaban J connectivity index is 1.97. The summed E-state index contributed by atoms with van der Waals surface area (Å²) in [6.45, 7) is 2.99. The van der Waals surface area contributed by atoms with Crippen LogP contribution in [0.15, 0.2) is 48.8 Å². The van der Waals surface area contributed by atoms with Crippen LogP contribution in [-0.4, -0.2) is 10.1 Å². The highest BCUT2D eigenvalue weighted by atomic mass is 16.3. The van der Waals surface area contributed by atoms with Gasteiger partial charge >= 0.3 is 0 Å². The van der Waals surface area contributed by atoms with E-state index in [0.29, 0.717) is 0 Å². The predicted molar refractivity (Wildman–Crippen MR) is 71.9 cm³/mol. The van der Waals surface area contributed by atoms with Gasteiger partial charge in [-0.05, 0) is 29.7 Å². The lowest BCUT2D eigenvalue weighted by Gasteiger charge is -2.15. The first-order chi connectivity index (χ1) is 8.79. The van der Waals surface area contributed by atoms with E-state index in [0.717, 1.165) is 12.1 Å². The molecule has 1 heterocycles. The highest BCUT2D eigenvalue weighted by Crippen LogP contribution is 2.14. The number of pyridine rings is 1. The van der Waals surface area contributed by atoms with E-state index >= 15 is 0 Å². The quantitative estimate of drug-likeness (QED) is 0.846. The summed E-state index contributed by atoms with van der Waals surface area (Å²) < 4.78 is 0. The number of benzene rings is 1. The third-order valence-corrected chi connectivity index (χ3v) is 2.97. The fourth-order valence-corrected chi connectivity index (χ4v) is 1.85. The molecule has 0 saturated heterocycles. The van der Waals surface area contributed by atoms with Crippen LogP contribution in [0.1, 0.15) is 29.7 Å². The lowest BCUT2D eigenvalue weighted by atomic mass is 10.1. The van der Waals surface area contributed by atoms with Crippen molar-refractivity contribution in [1.82, 2.24) is 10.3 Å². The smallest absolute Gasteiger partial charge is 0.0681 e. The largest absolute Gasteiger partial charge is 0.392 e. The van der Waals surface area contributed by atoms with E-state index in [2.05, 4.69) is 29.4 Å². The zero-order chi connectivity index (χ0) is 12.8. The van der Waals surface area contributed by atoms with Crippen molar-refractivity contribution in [1.29, 1.82) is 0 Å². The molecule has 3 heteroatoms. The number of aliphatic hydroxyl groups excluding tert-OH is 1. The molecule has 1 unspecified atom stereocenters. The number of hydrogen-bond donors (Lipinski definition) is 2. The van der Waals surface area contributed by atoms with Crippen molar-refractivity contribution in [3.63, 3.8) is 0 Å². The van der Waals surface area contributed by atoms with Gasteiger partial charge in [-0.25, -0.2) is 0 Å². The number of nitrogens with zero attached hydrogens (tertiary/aromatic N) is 1. The molecule has 1 atom stereocenters. The van der Waals surface area contributed by atoms with Crippen LogP contribution in [0, 0.1) is 0 Å². The van der Waals surface area contributed by atoms with Gasteiger partial charge in [-0.3, -0.25) is 4.98 Å². The van der Waals surface area contributed by atoms with Crippen molar-refractivity contribution in [2.24, 2.45) is 0 Å².